The molecule has 0 bridgehead atoms. The van der Waals surface area contributed by atoms with Crippen LogP contribution in [0.2, 0.25) is 0 Å². The Morgan fingerprint density at radius 1 is 1.33 bits per heavy atom. The first-order chi connectivity index (χ1) is 7.33. The summed E-state index contributed by atoms with van der Waals surface area (Å²) < 4.78 is 0. The van der Waals surface area contributed by atoms with Gasteiger partial charge in [0.05, 0.1) is 0 Å². The first-order valence-electron chi connectivity index (χ1n) is 5.31. The Hall–Kier alpha value is -1.64. The Morgan fingerprint density at radius 2 is 2.20 bits per heavy atom. The van der Waals surface area contributed by atoms with Gasteiger partial charge in [0.25, 0.3) is 0 Å². The molecule has 2 aromatic rings. The molecule has 0 aromatic carbocycles. The molecule has 1 saturated carbocycles. The van der Waals surface area contributed by atoms with E-state index in [0.29, 0.717) is 0 Å². The molecular weight excluding hydrogens is 186 g/mol. The number of hydrogen-bond acceptors (Lipinski definition) is 2. The van der Waals surface area contributed by atoms with Crippen LogP contribution in [0.3, 0.4) is 0 Å². The molecule has 0 saturated heterocycles. The molecule has 0 aliphatic heterocycles. The van der Waals surface area contributed by atoms with Crippen LogP contribution >= 0.6 is 0 Å². The molecule has 3 rings (SSSR count). The van der Waals surface area contributed by atoms with E-state index in [1.807, 2.05) is 18.5 Å². The molecule has 76 valence electrons. The summed E-state index contributed by atoms with van der Waals surface area (Å²) >= 11 is 0. The third-order valence-electron chi connectivity index (χ3n) is 2.77. The molecule has 1 aliphatic carbocycles. The third kappa shape index (κ3) is 1.65. The van der Waals surface area contributed by atoms with Crippen molar-refractivity contribution in [2.45, 2.75) is 25.7 Å². The van der Waals surface area contributed by atoms with Crippen molar-refractivity contribution in [2.24, 2.45) is 0 Å². The van der Waals surface area contributed by atoms with Crippen LogP contribution in [0.5, 0.6) is 0 Å². The van der Waals surface area contributed by atoms with Crippen molar-refractivity contribution in [1.29, 1.82) is 0 Å². The molecule has 1 N–H and O–H groups in total. The average molecular weight is 199 g/mol. The summed E-state index contributed by atoms with van der Waals surface area (Å²) in [4.78, 5) is 12.0. The summed E-state index contributed by atoms with van der Waals surface area (Å²) in [5, 5.41) is 0. The maximum absolute atomic E-state index is 4.37. The molecular formula is C12H13N3. The zero-order valence-corrected chi connectivity index (χ0v) is 8.70. The molecule has 0 spiro atoms. The lowest BCUT2D eigenvalue weighted by atomic mass is 10.2. The Labute approximate surface area is 88.6 Å². The topological polar surface area (TPSA) is 41.6 Å². The fourth-order valence-corrected chi connectivity index (χ4v) is 1.73. The monoisotopic (exact) mass is 199 g/mol. The Bertz CT molecular complexity index is 483. The van der Waals surface area contributed by atoms with Gasteiger partial charge in [-0.1, -0.05) is 0 Å². The fraction of sp³-hybridized carbons (Fsp3) is 0.333. The van der Waals surface area contributed by atoms with E-state index in [-0.39, 0.29) is 0 Å². The van der Waals surface area contributed by atoms with Crippen LogP contribution in [-0.2, 0) is 0 Å². The van der Waals surface area contributed by atoms with Gasteiger partial charge in [-0.25, -0.2) is 4.98 Å². The maximum Gasteiger partial charge on any atom is 0.156 e. The number of hydrogen-bond donors (Lipinski definition) is 1. The Balaban J connectivity index is 1.97. The molecule has 0 atom stereocenters. The molecule has 1 fully saturated rings. The van der Waals surface area contributed by atoms with Crippen LogP contribution in [-0.4, -0.2) is 15.0 Å². The van der Waals surface area contributed by atoms with E-state index in [4.69, 9.17) is 0 Å². The highest BCUT2D eigenvalue weighted by Gasteiger charge is 2.25. The average Bonchev–Trinajstić information content (AvgIpc) is 2.97. The second-order valence-corrected chi connectivity index (χ2v) is 4.18. The minimum Gasteiger partial charge on any atom is -0.340 e. The molecule has 3 heteroatoms. The van der Waals surface area contributed by atoms with Crippen molar-refractivity contribution in [3.05, 3.63) is 35.8 Å². The molecule has 0 amide bonds. The molecule has 0 unspecified atom stereocenters. The zero-order chi connectivity index (χ0) is 10.3. The number of rotatable bonds is 2. The molecule has 1 aliphatic rings. The highest BCUT2D eigenvalue weighted by molar-refractivity contribution is 5.50. The lowest BCUT2D eigenvalue weighted by Crippen LogP contribution is -1.86. The van der Waals surface area contributed by atoms with Crippen LogP contribution in [0.25, 0.3) is 11.5 Å². The quantitative estimate of drug-likeness (QED) is 0.807. The van der Waals surface area contributed by atoms with Crippen molar-refractivity contribution in [2.75, 3.05) is 0 Å². The summed E-state index contributed by atoms with van der Waals surface area (Å²) in [7, 11) is 0. The van der Waals surface area contributed by atoms with Gasteiger partial charge in [-0.2, -0.15) is 0 Å². The van der Waals surface area contributed by atoms with Gasteiger partial charge in [0.1, 0.15) is 5.69 Å². The summed E-state index contributed by atoms with van der Waals surface area (Å²) in [5.41, 5.74) is 3.40. The van der Waals surface area contributed by atoms with Crippen molar-refractivity contribution < 1.29 is 0 Å². The van der Waals surface area contributed by atoms with E-state index in [9.17, 15) is 0 Å². The van der Waals surface area contributed by atoms with Crippen molar-refractivity contribution in [1.82, 2.24) is 15.0 Å². The van der Waals surface area contributed by atoms with Crippen LogP contribution in [0.4, 0.5) is 0 Å². The van der Waals surface area contributed by atoms with Gasteiger partial charge >= 0.3 is 0 Å². The maximum atomic E-state index is 4.37. The van der Waals surface area contributed by atoms with Crippen molar-refractivity contribution >= 4 is 0 Å². The summed E-state index contributed by atoms with van der Waals surface area (Å²) in [6, 6.07) is 4.05. The van der Waals surface area contributed by atoms with Crippen molar-refractivity contribution in [3.8, 4) is 11.5 Å². The smallest absolute Gasteiger partial charge is 0.156 e. The number of nitrogens with zero attached hydrogens (tertiary/aromatic N) is 2. The molecule has 3 nitrogen and oxygen atoms in total. The highest BCUT2D eigenvalue weighted by Crippen LogP contribution is 2.39. The fourth-order valence-electron chi connectivity index (χ4n) is 1.73. The van der Waals surface area contributed by atoms with Gasteiger partial charge in [0, 0.05) is 24.0 Å². The van der Waals surface area contributed by atoms with Crippen LogP contribution < -0.4 is 0 Å². The highest BCUT2D eigenvalue weighted by atomic mass is 14.9. The van der Waals surface area contributed by atoms with E-state index in [0.717, 1.165) is 17.4 Å². The number of imidazole rings is 1. The first kappa shape index (κ1) is 8.65. The van der Waals surface area contributed by atoms with E-state index in [2.05, 4.69) is 27.9 Å². The molecule has 15 heavy (non-hydrogen) atoms. The van der Waals surface area contributed by atoms with Gasteiger partial charge in [0.2, 0.25) is 0 Å². The van der Waals surface area contributed by atoms with Gasteiger partial charge in [0.15, 0.2) is 5.82 Å². The molecule has 0 radical (unpaired) electrons. The van der Waals surface area contributed by atoms with Gasteiger partial charge in [-0.05, 0) is 37.5 Å². The van der Waals surface area contributed by atoms with E-state index in [1.54, 1.807) is 0 Å². The molecule has 2 heterocycles. The second-order valence-electron chi connectivity index (χ2n) is 4.18. The van der Waals surface area contributed by atoms with Crippen molar-refractivity contribution in [3.63, 3.8) is 0 Å². The largest absolute Gasteiger partial charge is 0.340 e. The normalized spacial score (nSPS) is 15.5. The number of H-pyrrole nitrogens is 1. The van der Waals surface area contributed by atoms with E-state index in [1.165, 1.54) is 24.1 Å². The SMILES string of the molecule is Cc1ccnc(-c2ncc(C3CC3)[nH]2)c1. The minimum absolute atomic E-state index is 0.719. The second kappa shape index (κ2) is 3.19. The van der Waals surface area contributed by atoms with E-state index < -0.39 is 0 Å². The van der Waals surface area contributed by atoms with Crippen LogP contribution in [0.15, 0.2) is 24.5 Å². The minimum atomic E-state index is 0.719. The predicted molar refractivity (Wildman–Crippen MR) is 58.5 cm³/mol. The number of pyridine rings is 1. The Kier molecular flexibility index (Phi) is 1.84. The summed E-state index contributed by atoms with van der Waals surface area (Å²) in [5.74, 6) is 1.61. The predicted octanol–water partition coefficient (Wildman–Crippen LogP) is 2.66. The number of aryl methyl sites for hydroxylation is 1. The van der Waals surface area contributed by atoms with Crippen LogP contribution in [0.1, 0.15) is 30.0 Å². The van der Waals surface area contributed by atoms with Gasteiger partial charge in [-0.3, -0.25) is 4.98 Å². The number of aromatic amines is 1. The van der Waals surface area contributed by atoms with E-state index >= 15 is 0 Å². The van der Waals surface area contributed by atoms with Crippen LogP contribution in [0, 0.1) is 6.92 Å². The zero-order valence-electron chi connectivity index (χ0n) is 8.70. The lowest BCUT2D eigenvalue weighted by molar-refractivity contribution is 1.05. The molecule has 2 aromatic heterocycles. The lowest BCUT2D eigenvalue weighted by Gasteiger charge is -1.97. The summed E-state index contributed by atoms with van der Waals surface area (Å²) in [6.07, 6.45) is 6.35. The van der Waals surface area contributed by atoms with Gasteiger partial charge < -0.3 is 4.98 Å². The first-order valence-corrected chi connectivity index (χ1v) is 5.31. The standard InChI is InChI=1S/C12H13N3/c1-8-4-5-13-10(6-8)12-14-7-11(15-12)9-2-3-9/h4-7,9H,2-3H2,1H3,(H,14,15). The number of aromatic nitrogens is 3. The third-order valence-corrected chi connectivity index (χ3v) is 2.77. The van der Waals surface area contributed by atoms with Gasteiger partial charge in [-0.15, -0.1) is 0 Å². The Morgan fingerprint density at radius 3 is 2.93 bits per heavy atom. The summed E-state index contributed by atoms with van der Waals surface area (Å²) in [6.45, 7) is 2.07. The number of nitrogens with one attached hydrogen (secondary N) is 1.